The molecule has 2 aromatic carbocycles. The van der Waals surface area contributed by atoms with Gasteiger partial charge in [-0.1, -0.05) is 50.3 Å². The number of benzene rings is 2. The van der Waals surface area contributed by atoms with Crippen molar-refractivity contribution in [2.75, 3.05) is 5.32 Å². The molecule has 0 spiro atoms. The van der Waals surface area contributed by atoms with Crippen LogP contribution in [0.3, 0.4) is 0 Å². The number of hydrogen-bond acceptors (Lipinski definition) is 4. The normalized spacial score (nSPS) is 17.8. The van der Waals surface area contributed by atoms with E-state index in [1.165, 1.54) is 6.07 Å². The maximum absolute atomic E-state index is 14.8. The van der Waals surface area contributed by atoms with Crippen molar-refractivity contribution in [1.82, 2.24) is 5.32 Å². The number of amides is 3. The van der Waals surface area contributed by atoms with Crippen molar-refractivity contribution in [3.05, 3.63) is 78.1 Å². The van der Waals surface area contributed by atoms with Crippen LogP contribution in [0.5, 0.6) is 0 Å². The second kappa shape index (κ2) is 10.6. The van der Waals surface area contributed by atoms with E-state index in [0.717, 1.165) is 0 Å². The lowest BCUT2D eigenvalue weighted by molar-refractivity contribution is -0.141. The van der Waals surface area contributed by atoms with Crippen molar-refractivity contribution < 1.29 is 18.8 Å². The number of allylic oxidation sites excluding steroid dienone is 1. The first-order chi connectivity index (χ1) is 16.6. The van der Waals surface area contributed by atoms with E-state index in [4.69, 9.17) is 5.73 Å². The molecule has 3 rings (SSSR count). The van der Waals surface area contributed by atoms with Crippen LogP contribution < -0.4 is 16.4 Å². The number of anilines is 1. The third-order valence-electron chi connectivity index (χ3n) is 6.28. The number of fused-ring (bicyclic) bond motifs is 1. The molecule has 35 heavy (non-hydrogen) atoms. The summed E-state index contributed by atoms with van der Waals surface area (Å²) >= 11 is 0. The SMILES string of the molecule is C=CC[C@@](C)(C(N)=O)[C@@H](CC(C)C)C(=O)NC1N=C(c2ccccc2F)c2ccccc2NC1=O. The van der Waals surface area contributed by atoms with E-state index in [1.54, 1.807) is 55.5 Å². The Morgan fingerprint density at radius 3 is 2.43 bits per heavy atom. The molecule has 3 amide bonds. The van der Waals surface area contributed by atoms with Crippen LogP contribution in [0.2, 0.25) is 0 Å². The van der Waals surface area contributed by atoms with Crippen molar-refractivity contribution in [2.45, 2.75) is 39.8 Å². The number of aliphatic imine (C=N–C) groups is 1. The summed E-state index contributed by atoms with van der Waals surface area (Å²) in [4.78, 5) is 43.6. The number of halogens is 1. The number of nitrogens with zero attached hydrogens (tertiary/aromatic N) is 1. The predicted octanol–water partition coefficient (Wildman–Crippen LogP) is 3.79. The fraction of sp³-hybridized carbons (Fsp3) is 0.333. The fourth-order valence-electron chi connectivity index (χ4n) is 4.30. The van der Waals surface area contributed by atoms with E-state index in [2.05, 4.69) is 22.2 Å². The van der Waals surface area contributed by atoms with Gasteiger partial charge in [-0.05, 0) is 43.9 Å². The molecule has 1 unspecified atom stereocenters. The molecule has 4 N–H and O–H groups in total. The topological polar surface area (TPSA) is 114 Å². The zero-order valence-corrected chi connectivity index (χ0v) is 20.2. The van der Waals surface area contributed by atoms with E-state index < -0.39 is 41.0 Å². The molecule has 8 heteroatoms. The zero-order chi connectivity index (χ0) is 25.8. The monoisotopic (exact) mass is 478 g/mol. The van der Waals surface area contributed by atoms with Gasteiger partial charge in [-0.3, -0.25) is 14.4 Å². The molecule has 0 saturated heterocycles. The first kappa shape index (κ1) is 25.8. The van der Waals surface area contributed by atoms with Gasteiger partial charge in [0.2, 0.25) is 18.0 Å². The molecule has 0 aromatic heterocycles. The van der Waals surface area contributed by atoms with Gasteiger partial charge in [0, 0.05) is 11.1 Å². The molecule has 0 radical (unpaired) electrons. The fourth-order valence-corrected chi connectivity index (χ4v) is 4.30. The lowest BCUT2D eigenvalue weighted by Gasteiger charge is -2.34. The molecule has 0 saturated carbocycles. The molecule has 7 nitrogen and oxygen atoms in total. The Morgan fingerprint density at radius 2 is 1.83 bits per heavy atom. The van der Waals surface area contributed by atoms with Crippen molar-refractivity contribution in [3.63, 3.8) is 0 Å². The summed E-state index contributed by atoms with van der Waals surface area (Å²) in [6.45, 7) is 9.19. The Labute approximate surface area is 204 Å². The molecule has 3 atom stereocenters. The second-order valence-electron chi connectivity index (χ2n) is 9.36. The highest BCUT2D eigenvalue weighted by molar-refractivity contribution is 6.20. The summed E-state index contributed by atoms with van der Waals surface area (Å²) in [7, 11) is 0. The molecule has 1 aliphatic heterocycles. The highest BCUT2D eigenvalue weighted by Crippen LogP contribution is 2.36. The number of para-hydroxylation sites is 1. The van der Waals surface area contributed by atoms with Crippen LogP contribution in [0.4, 0.5) is 10.1 Å². The molecule has 0 aliphatic carbocycles. The number of carbonyl (C=O) groups is 3. The number of hydrogen-bond donors (Lipinski definition) is 3. The van der Waals surface area contributed by atoms with E-state index in [-0.39, 0.29) is 23.6 Å². The molecular formula is C27H31FN4O3. The van der Waals surface area contributed by atoms with Crippen LogP contribution >= 0.6 is 0 Å². The Hall–Kier alpha value is -3.81. The summed E-state index contributed by atoms with van der Waals surface area (Å²) in [6, 6.07) is 13.0. The van der Waals surface area contributed by atoms with Crippen LogP contribution in [0, 0.1) is 23.1 Å². The average molecular weight is 479 g/mol. The van der Waals surface area contributed by atoms with Crippen LogP contribution in [-0.4, -0.2) is 29.6 Å². The van der Waals surface area contributed by atoms with Crippen molar-refractivity contribution >= 4 is 29.1 Å². The largest absolute Gasteiger partial charge is 0.369 e. The van der Waals surface area contributed by atoms with Gasteiger partial charge in [-0.2, -0.15) is 0 Å². The summed E-state index contributed by atoms with van der Waals surface area (Å²) in [5, 5.41) is 5.45. The molecule has 184 valence electrons. The van der Waals surface area contributed by atoms with Crippen LogP contribution in [0.1, 0.15) is 44.7 Å². The van der Waals surface area contributed by atoms with Gasteiger partial charge < -0.3 is 16.4 Å². The predicted molar refractivity (Wildman–Crippen MR) is 134 cm³/mol. The second-order valence-corrected chi connectivity index (χ2v) is 9.36. The first-order valence-electron chi connectivity index (χ1n) is 11.5. The van der Waals surface area contributed by atoms with Crippen molar-refractivity contribution in [3.8, 4) is 0 Å². The minimum absolute atomic E-state index is 0.0685. The minimum Gasteiger partial charge on any atom is -0.369 e. The van der Waals surface area contributed by atoms with E-state index in [9.17, 15) is 18.8 Å². The van der Waals surface area contributed by atoms with Crippen LogP contribution in [-0.2, 0) is 14.4 Å². The number of benzodiazepines with no additional fused rings is 1. The molecule has 0 fully saturated rings. The maximum Gasteiger partial charge on any atom is 0.269 e. The number of nitrogens with two attached hydrogens (primary N) is 1. The maximum atomic E-state index is 14.8. The van der Waals surface area contributed by atoms with Crippen LogP contribution in [0.25, 0.3) is 0 Å². The van der Waals surface area contributed by atoms with Gasteiger partial charge in [-0.15, -0.1) is 6.58 Å². The Morgan fingerprint density at radius 1 is 1.20 bits per heavy atom. The summed E-state index contributed by atoms with van der Waals surface area (Å²) < 4.78 is 14.8. The average Bonchev–Trinajstić information content (AvgIpc) is 2.94. The van der Waals surface area contributed by atoms with Gasteiger partial charge in [0.15, 0.2) is 0 Å². The summed E-state index contributed by atoms with van der Waals surface area (Å²) in [5.41, 5.74) is 5.90. The molecule has 2 aromatic rings. The third-order valence-corrected chi connectivity index (χ3v) is 6.28. The van der Waals surface area contributed by atoms with Crippen molar-refractivity contribution in [2.24, 2.45) is 28.0 Å². The van der Waals surface area contributed by atoms with E-state index in [1.807, 2.05) is 13.8 Å². The summed E-state index contributed by atoms with van der Waals surface area (Å²) in [6.07, 6.45) is 0.756. The highest BCUT2D eigenvalue weighted by Gasteiger charge is 2.44. The van der Waals surface area contributed by atoms with Gasteiger partial charge in [0.25, 0.3) is 5.91 Å². The Kier molecular flexibility index (Phi) is 7.84. The smallest absolute Gasteiger partial charge is 0.269 e. The molecular weight excluding hydrogens is 447 g/mol. The Balaban J connectivity index is 2.06. The first-order valence-corrected chi connectivity index (χ1v) is 11.5. The summed E-state index contributed by atoms with van der Waals surface area (Å²) in [5.74, 6) is -3.02. The van der Waals surface area contributed by atoms with Gasteiger partial charge in [0.05, 0.1) is 22.7 Å². The number of carbonyl (C=O) groups excluding carboxylic acids is 3. The Bertz CT molecular complexity index is 1180. The lowest BCUT2D eigenvalue weighted by Crippen LogP contribution is -2.52. The lowest BCUT2D eigenvalue weighted by atomic mass is 9.70. The molecule has 1 heterocycles. The molecule has 1 aliphatic rings. The number of nitrogens with one attached hydrogen (secondary N) is 2. The number of rotatable bonds is 9. The van der Waals surface area contributed by atoms with Gasteiger partial charge in [-0.25, -0.2) is 9.38 Å². The van der Waals surface area contributed by atoms with Gasteiger partial charge >= 0.3 is 0 Å². The highest BCUT2D eigenvalue weighted by atomic mass is 19.1. The minimum atomic E-state index is -1.35. The van der Waals surface area contributed by atoms with Crippen LogP contribution in [0.15, 0.2) is 66.2 Å². The van der Waals surface area contributed by atoms with E-state index in [0.29, 0.717) is 17.7 Å². The third kappa shape index (κ3) is 5.48. The quantitative estimate of drug-likeness (QED) is 0.477. The number of primary amides is 1. The standard InChI is InChI=1S/C27H31FN4O3/c1-5-14-27(4,26(29)35)19(15-16(2)3)24(33)32-23-25(34)30-21-13-9-7-11-18(21)22(31-23)17-10-6-8-12-20(17)28/h5-13,16,19,23H,1,14-15H2,2-4H3,(H2,29,35)(H,30,34)(H,32,33)/t19-,23?,27+/m0/s1. The van der Waals surface area contributed by atoms with Gasteiger partial charge in [0.1, 0.15) is 5.82 Å². The van der Waals surface area contributed by atoms with E-state index >= 15 is 0 Å². The molecule has 0 bridgehead atoms. The zero-order valence-electron chi connectivity index (χ0n) is 20.2. The van der Waals surface area contributed by atoms with Crippen molar-refractivity contribution in [1.29, 1.82) is 0 Å².